The summed E-state index contributed by atoms with van der Waals surface area (Å²) >= 11 is 0.836. The van der Waals surface area contributed by atoms with Crippen LogP contribution in [-0.4, -0.2) is 79.8 Å². The summed E-state index contributed by atoms with van der Waals surface area (Å²) in [5.74, 6) is -3.43. The van der Waals surface area contributed by atoms with Crippen molar-refractivity contribution in [3.63, 3.8) is 0 Å². The van der Waals surface area contributed by atoms with Crippen molar-refractivity contribution in [3.05, 3.63) is 79.9 Å². The average molecular weight is 639 g/mol. The number of carbonyl (C=O) groups excluding carboxylic acids is 2. The molecule has 2 aromatic carbocycles. The predicted octanol–water partition coefficient (Wildman–Crippen LogP) is 4.33. The summed E-state index contributed by atoms with van der Waals surface area (Å²) in [6.07, 6.45) is 6.79. The van der Waals surface area contributed by atoms with Crippen molar-refractivity contribution in [1.82, 2.24) is 9.80 Å². The first kappa shape index (κ1) is 32.9. The maximum Gasteiger partial charge on any atom is 0.306 e. The molecule has 0 bridgehead atoms. The molecule has 14 nitrogen and oxygen atoms in total. The minimum Gasteiger partial charge on any atom is -0.481 e. The van der Waals surface area contributed by atoms with Crippen LogP contribution in [0.1, 0.15) is 36.8 Å². The van der Waals surface area contributed by atoms with Gasteiger partial charge in [-0.3, -0.25) is 39.4 Å². The standard InChI is InChI=1S/C30H30N4O10S/c35-27(31-13-9-21(10-14-31)29(37)38)7-3-19-1-5-25(23(17-19)33(41)42)45-26-6-2-20(18-24(26)34(43)44)4-8-28(36)32-15-11-22(12-16-32)30(39)40/h1-8,17-18,21-22H,9-16H2,(H,37,38)(H,39,40)/b7-3+,8-4+. The molecule has 0 saturated carbocycles. The minimum absolute atomic E-state index is 0.144. The predicted molar refractivity (Wildman–Crippen MR) is 162 cm³/mol. The lowest BCUT2D eigenvalue weighted by atomic mass is 9.97. The SMILES string of the molecule is O=C(O)C1CCN(C(=O)/C=C/c2ccc(Sc3ccc(/C=C/C(=O)N4CCC(C(=O)O)CC4)cc3[N+](=O)[O-])c([N+](=O)[O-])c2)CC1. The number of nitro groups is 2. The fraction of sp³-hybridized carbons (Fsp3) is 0.333. The number of amides is 2. The molecular weight excluding hydrogens is 608 g/mol. The van der Waals surface area contributed by atoms with Crippen molar-refractivity contribution in [2.24, 2.45) is 11.8 Å². The second kappa shape index (κ2) is 14.6. The highest BCUT2D eigenvalue weighted by molar-refractivity contribution is 7.99. The molecule has 0 spiro atoms. The molecule has 2 N–H and O–H groups in total. The Morgan fingerprint density at radius 1 is 0.689 bits per heavy atom. The number of aliphatic carboxylic acids is 2. The number of piperidine rings is 2. The zero-order valence-electron chi connectivity index (χ0n) is 23.9. The molecule has 15 heteroatoms. The van der Waals surface area contributed by atoms with Crippen molar-refractivity contribution in [1.29, 1.82) is 0 Å². The van der Waals surface area contributed by atoms with Crippen LogP contribution in [0.3, 0.4) is 0 Å². The van der Waals surface area contributed by atoms with Gasteiger partial charge in [0.2, 0.25) is 11.8 Å². The van der Waals surface area contributed by atoms with Gasteiger partial charge >= 0.3 is 11.9 Å². The Balaban J connectivity index is 1.45. The molecule has 2 fully saturated rings. The molecule has 236 valence electrons. The average Bonchev–Trinajstić information content (AvgIpc) is 3.03. The normalized spacial score (nSPS) is 16.3. The van der Waals surface area contributed by atoms with Crippen molar-refractivity contribution >= 4 is 59.0 Å². The second-order valence-corrected chi connectivity index (χ2v) is 11.7. The molecular formula is C30H30N4O10S. The Kier molecular flexibility index (Phi) is 10.7. The second-order valence-electron chi connectivity index (χ2n) is 10.6. The van der Waals surface area contributed by atoms with Gasteiger partial charge in [0.1, 0.15) is 0 Å². The summed E-state index contributed by atoms with van der Waals surface area (Å²) in [5.41, 5.74) is 0.109. The molecule has 0 unspecified atom stereocenters. The van der Waals surface area contributed by atoms with E-state index in [0.29, 0.717) is 63.0 Å². The molecule has 45 heavy (non-hydrogen) atoms. The highest BCUT2D eigenvalue weighted by atomic mass is 32.2. The van der Waals surface area contributed by atoms with Crippen LogP contribution in [-0.2, 0) is 19.2 Å². The number of carboxylic acids is 2. The summed E-state index contributed by atoms with van der Waals surface area (Å²) in [4.78, 5) is 73.2. The van der Waals surface area contributed by atoms with Crippen LogP contribution in [0.4, 0.5) is 11.4 Å². The maximum atomic E-state index is 12.5. The lowest BCUT2D eigenvalue weighted by Gasteiger charge is -2.29. The van der Waals surface area contributed by atoms with E-state index in [2.05, 4.69) is 0 Å². The van der Waals surface area contributed by atoms with E-state index < -0.39 is 33.6 Å². The molecule has 2 aliphatic rings. The van der Waals surface area contributed by atoms with Crippen molar-refractivity contribution in [2.75, 3.05) is 26.2 Å². The smallest absolute Gasteiger partial charge is 0.306 e. The van der Waals surface area contributed by atoms with Crippen LogP contribution in [0.15, 0.2) is 58.3 Å². The maximum absolute atomic E-state index is 12.5. The summed E-state index contributed by atoms with van der Waals surface area (Å²) in [5, 5.41) is 42.0. The lowest BCUT2D eigenvalue weighted by molar-refractivity contribution is -0.388. The van der Waals surface area contributed by atoms with Gasteiger partial charge in [-0.2, -0.15) is 0 Å². The molecule has 4 rings (SSSR count). The Morgan fingerprint density at radius 3 is 1.36 bits per heavy atom. The van der Waals surface area contributed by atoms with Crippen LogP contribution in [0.5, 0.6) is 0 Å². The number of rotatable bonds is 10. The van der Waals surface area contributed by atoms with E-state index in [1.165, 1.54) is 58.4 Å². The lowest BCUT2D eigenvalue weighted by Crippen LogP contribution is -2.39. The van der Waals surface area contributed by atoms with E-state index in [-0.39, 0.29) is 33.0 Å². The summed E-state index contributed by atoms with van der Waals surface area (Å²) in [7, 11) is 0. The Labute approximate surface area is 261 Å². The largest absolute Gasteiger partial charge is 0.481 e. The quantitative estimate of drug-likeness (QED) is 0.213. The van der Waals surface area contributed by atoms with Gasteiger partial charge in [0.05, 0.1) is 31.5 Å². The van der Waals surface area contributed by atoms with Gasteiger partial charge in [-0.05, 0) is 61.1 Å². The highest BCUT2D eigenvalue weighted by Gasteiger charge is 2.27. The molecule has 0 radical (unpaired) electrons. The van der Waals surface area contributed by atoms with Gasteiger partial charge in [-0.25, -0.2) is 0 Å². The van der Waals surface area contributed by atoms with Gasteiger partial charge in [-0.1, -0.05) is 23.9 Å². The monoisotopic (exact) mass is 638 g/mol. The van der Waals surface area contributed by atoms with Crippen LogP contribution in [0, 0.1) is 32.1 Å². The summed E-state index contributed by atoms with van der Waals surface area (Å²) in [6.45, 7) is 1.19. The van der Waals surface area contributed by atoms with Crippen molar-refractivity contribution in [2.45, 2.75) is 35.5 Å². The van der Waals surface area contributed by atoms with E-state index in [4.69, 9.17) is 10.2 Å². The van der Waals surface area contributed by atoms with Gasteiger partial charge in [0.15, 0.2) is 0 Å². The Hall–Kier alpha value is -5.05. The fourth-order valence-electron chi connectivity index (χ4n) is 5.09. The van der Waals surface area contributed by atoms with Crippen LogP contribution < -0.4 is 0 Å². The molecule has 0 atom stereocenters. The van der Waals surface area contributed by atoms with Gasteiger partial charge < -0.3 is 20.0 Å². The zero-order valence-corrected chi connectivity index (χ0v) is 24.8. The Morgan fingerprint density at radius 2 is 1.04 bits per heavy atom. The zero-order chi connectivity index (χ0) is 32.7. The molecule has 2 amide bonds. The minimum atomic E-state index is -0.888. The highest BCUT2D eigenvalue weighted by Crippen LogP contribution is 2.40. The number of hydrogen-bond acceptors (Lipinski definition) is 9. The first-order valence-corrected chi connectivity index (χ1v) is 14.9. The molecule has 0 aromatic heterocycles. The summed E-state index contributed by atoms with van der Waals surface area (Å²) < 4.78 is 0. The summed E-state index contributed by atoms with van der Waals surface area (Å²) in [6, 6.07) is 8.49. The number of likely N-dealkylation sites (tertiary alicyclic amines) is 2. The topological polar surface area (TPSA) is 202 Å². The third kappa shape index (κ3) is 8.53. The molecule has 2 saturated heterocycles. The number of nitro benzene ring substituents is 2. The van der Waals surface area contributed by atoms with Crippen LogP contribution in [0.2, 0.25) is 0 Å². The third-order valence-electron chi connectivity index (χ3n) is 7.73. The van der Waals surface area contributed by atoms with Gasteiger partial charge in [0.25, 0.3) is 11.4 Å². The van der Waals surface area contributed by atoms with Crippen molar-refractivity contribution in [3.8, 4) is 0 Å². The van der Waals surface area contributed by atoms with E-state index in [9.17, 15) is 39.4 Å². The number of carboxylic acid groups (broad SMARTS) is 2. The fourth-order valence-corrected chi connectivity index (χ4v) is 6.08. The van der Waals surface area contributed by atoms with Gasteiger partial charge in [0, 0.05) is 50.5 Å². The number of carbonyl (C=O) groups is 4. The number of benzene rings is 2. The van der Waals surface area contributed by atoms with Crippen LogP contribution >= 0.6 is 11.8 Å². The molecule has 0 aliphatic carbocycles. The first-order valence-electron chi connectivity index (χ1n) is 14.1. The Bertz CT molecular complexity index is 1460. The van der Waals surface area contributed by atoms with E-state index in [0.717, 1.165) is 11.8 Å². The number of nitrogens with zero attached hydrogens (tertiary/aromatic N) is 4. The number of hydrogen-bond donors (Lipinski definition) is 2. The van der Waals surface area contributed by atoms with E-state index in [1.54, 1.807) is 12.1 Å². The molecule has 2 aliphatic heterocycles. The first-order chi connectivity index (χ1) is 21.4. The third-order valence-corrected chi connectivity index (χ3v) is 8.86. The van der Waals surface area contributed by atoms with E-state index >= 15 is 0 Å². The molecule has 2 aromatic rings. The van der Waals surface area contributed by atoms with Gasteiger partial charge in [-0.15, -0.1) is 0 Å². The van der Waals surface area contributed by atoms with Crippen LogP contribution in [0.25, 0.3) is 12.2 Å². The molecule has 2 heterocycles. The van der Waals surface area contributed by atoms with E-state index in [1.807, 2.05) is 0 Å². The van der Waals surface area contributed by atoms with Crippen molar-refractivity contribution < 1.29 is 39.2 Å².